The Labute approximate surface area is 250 Å². The predicted octanol–water partition coefficient (Wildman–Crippen LogP) is 6.13. The van der Waals surface area contributed by atoms with Crippen molar-refractivity contribution in [2.45, 2.75) is 39.0 Å². The minimum atomic E-state index is -0.450. The molecule has 8 nitrogen and oxygen atoms in total. The van der Waals surface area contributed by atoms with Crippen molar-refractivity contribution in [3.05, 3.63) is 123 Å². The molecule has 1 aromatic heterocycles. The monoisotopic (exact) mass is 575 g/mol. The maximum atomic E-state index is 14.1. The van der Waals surface area contributed by atoms with E-state index in [2.05, 4.69) is 24.8 Å². The van der Waals surface area contributed by atoms with Crippen molar-refractivity contribution in [3.8, 4) is 11.8 Å². The molecular weight excluding hydrogens is 542 g/mol. The summed E-state index contributed by atoms with van der Waals surface area (Å²) < 4.78 is 24.2. The zero-order valence-corrected chi connectivity index (χ0v) is 24.4. The van der Waals surface area contributed by atoms with Crippen molar-refractivity contribution in [2.75, 3.05) is 20.2 Å². The van der Waals surface area contributed by atoms with E-state index in [1.165, 1.54) is 0 Å². The molecular formula is C35H33N3O5. The molecule has 0 aliphatic carbocycles. The Morgan fingerprint density at radius 1 is 1.07 bits per heavy atom. The third-order valence-electron chi connectivity index (χ3n) is 7.82. The van der Waals surface area contributed by atoms with Gasteiger partial charge in [-0.2, -0.15) is 5.26 Å². The number of benzene rings is 3. The maximum Gasteiger partial charge on any atom is 0.244 e. The van der Waals surface area contributed by atoms with Gasteiger partial charge in [-0.3, -0.25) is 9.79 Å². The summed E-state index contributed by atoms with van der Waals surface area (Å²) in [6.07, 6.45) is 2.11. The van der Waals surface area contributed by atoms with Crippen LogP contribution < -0.4 is 10.2 Å². The molecule has 0 fully saturated rings. The van der Waals surface area contributed by atoms with Crippen molar-refractivity contribution in [1.29, 1.82) is 5.26 Å². The van der Waals surface area contributed by atoms with Crippen LogP contribution in [0.3, 0.4) is 0 Å². The molecule has 3 heterocycles. The third kappa shape index (κ3) is 5.71. The Morgan fingerprint density at radius 2 is 1.88 bits per heavy atom. The van der Waals surface area contributed by atoms with Gasteiger partial charge in [-0.05, 0) is 41.3 Å². The Bertz CT molecular complexity index is 1800. The zero-order valence-electron chi connectivity index (χ0n) is 24.4. The van der Waals surface area contributed by atoms with Gasteiger partial charge < -0.3 is 23.5 Å². The van der Waals surface area contributed by atoms with Crippen LogP contribution in [-0.2, 0) is 22.3 Å². The average Bonchev–Trinajstić information content (AvgIpc) is 3.69. The SMILES string of the molecule is COc1ccc2c(=O)c(Cc3cccc(C#N)c3)c(C(C(C)C)N3CCN=C3C3=COC(Cc4ccccc4)O3)oc2c1. The second-order valence-corrected chi connectivity index (χ2v) is 11.1. The minimum absolute atomic E-state index is 0.0433. The lowest BCUT2D eigenvalue weighted by molar-refractivity contribution is -0.0263. The van der Waals surface area contributed by atoms with Crippen LogP contribution in [0.4, 0.5) is 0 Å². The summed E-state index contributed by atoms with van der Waals surface area (Å²) in [6.45, 7) is 5.42. The van der Waals surface area contributed by atoms with Crippen molar-refractivity contribution in [3.63, 3.8) is 0 Å². The van der Waals surface area contributed by atoms with Crippen LogP contribution in [0, 0.1) is 17.2 Å². The molecule has 2 aliphatic rings. The fourth-order valence-electron chi connectivity index (χ4n) is 5.81. The summed E-state index contributed by atoms with van der Waals surface area (Å²) in [6, 6.07) is 24.5. The smallest absolute Gasteiger partial charge is 0.244 e. The van der Waals surface area contributed by atoms with E-state index >= 15 is 0 Å². The topological polar surface area (TPSA) is 97.3 Å². The van der Waals surface area contributed by atoms with E-state index in [1.807, 2.05) is 48.5 Å². The van der Waals surface area contributed by atoms with Gasteiger partial charge in [0, 0.05) is 31.0 Å². The van der Waals surface area contributed by atoms with Crippen LogP contribution in [0.2, 0.25) is 0 Å². The van der Waals surface area contributed by atoms with Crippen LogP contribution in [-0.4, -0.2) is 37.2 Å². The standard InChI is InChI=1S/C35H33N3O5/c1-22(2)32(38-15-14-37-35(38)30-21-41-31(42-30)18-23-8-5-4-6-9-23)34-28(17-24-10-7-11-25(16-24)20-36)33(39)27-13-12-26(40-3)19-29(27)43-34/h4-13,16,19,21-22,31-32H,14-15,17-18H2,1-3H3. The molecule has 8 heteroatoms. The van der Waals surface area contributed by atoms with E-state index in [4.69, 9.17) is 23.6 Å². The van der Waals surface area contributed by atoms with Gasteiger partial charge in [0.25, 0.3) is 0 Å². The molecule has 2 atom stereocenters. The van der Waals surface area contributed by atoms with E-state index in [9.17, 15) is 10.1 Å². The first-order valence-electron chi connectivity index (χ1n) is 14.5. The molecule has 4 aromatic rings. The van der Waals surface area contributed by atoms with Crippen molar-refractivity contribution < 1.29 is 18.6 Å². The summed E-state index contributed by atoms with van der Waals surface area (Å²) in [5, 5.41) is 9.96. The van der Waals surface area contributed by atoms with E-state index in [0.717, 1.165) is 11.1 Å². The molecule has 0 N–H and O–H groups in total. The first-order chi connectivity index (χ1) is 20.9. The van der Waals surface area contributed by atoms with Gasteiger partial charge in [0.15, 0.2) is 11.3 Å². The summed E-state index contributed by atoms with van der Waals surface area (Å²) >= 11 is 0. The van der Waals surface area contributed by atoms with Gasteiger partial charge in [0.2, 0.25) is 12.0 Å². The van der Waals surface area contributed by atoms with Gasteiger partial charge in [0.05, 0.1) is 36.7 Å². The third-order valence-corrected chi connectivity index (χ3v) is 7.82. The van der Waals surface area contributed by atoms with Crippen LogP contribution in [0.5, 0.6) is 5.75 Å². The lowest BCUT2D eigenvalue weighted by Crippen LogP contribution is -2.37. The highest BCUT2D eigenvalue weighted by Gasteiger charge is 2.38. The predicted molar refractivity (Wildman–Crippen MR) is 164 cm³/mol. The molecule has 0 spiro atoms. The van der Waals surface area contributed by atoms with Crippen molar-refractivity contribution >= 4 is 16.8 Å². The molecule has 2 aliphatic heterocycles. The lowest BCUT2D eigenvalue weighted by Gasteiger charge is -2.33. The van der Waals surface area contributed by atoms with Crippen LogP contribution in [0.1, 0.15) is 47.9 Å². The number of hydrogen-bond acceptors (Lipinski definition) is 8. The quantitative estimate of drug-likeness (QED) is 0.237. The van der Waals surface area contributed by atoms with E-state index in [0.29, 0.717) is 71.1 Å². The highest BCUT2D eigenvalue weighted by Crippen LogP contribution is 2.37. The summed E-state index contributed by atoms with van der Waals surface area (Å²) in [5.41, 5.74) is 3.42. The Morgan fingerprint density at radius 3 is 2.65 bits per heavy atom. The van der Waals surface area contributed by atoms with E-state index in [1.54, 1.807) is 37.6 Å². The lowest BCUT2D eigenvalue weighted by atomic mass is 9.92. The molecule has 0 saturated heterocycles. The number of ether oxygens (including phenoxy) is 3. The number of fused-ring (bicyclic) bond motifs is 1. The second kappa shape index (κ2) is 12.1. The fourth-order valence-corrected chi connectivity index (χ4v) is 5.81. The maximum absolute atomic E-state index is 14.1. The second-order valence-electron chi connectivity index (χ2n) is 11.1. The molecule has 0 saturated carbocycles. The Balaban J connectivity index is 1.39. The average molecular weight is 576 g/mol. The number of nitrogens with zero attached hydrogens (tertiary/aromatic N) is 3. The van der Waals surface area contributed by atoms with Gasteiger partial charge in [-0.15, -0.1) is 0 Å². The molecule has 3 aromatic carbocycles. The fraction of sp³-hybridized carbons (Fsp3) is 0.286. The molecule has 2 unspecified atom stereocenters. The Hall–Kier alpha value is -5.03. The zero-order chi connectivity index (χ0) is 29.9. The summed E-state index contributed by atoms with van der Waals surface area (Å²) in [7, 11) is 1.59. The molecule has 43 heavy (non-hydrogen) atoms. The van der Waals surface area contributed by atoms with Crippen LogP contribution >= 0.6 is 0 Å². The van der Waals surface area contributed by atoms with Crippen molar-refractivity contribution in [2.24, 2.45) is 10.9 Å². The van der Waals surface area contributed by atoms with Crippen molar-refractivity contribution in [1.82, 2.24) is 4.90 Å². The number of hydrogen-bond donors (Lipinski definition) is 0. The number of aliphatic imine (C=N–C) groups is 1. The van der Waals surface area contributed by atoms with Crippen LogP contribution in [0.15, 0.2) is 99.0 Å². The number of methoxy groups -OCH3 is 1. The molecule has 218 valence electrons. The van der Waals surface area contributed by atoms with E-state index in [-0.39, 0.29) is 17.4 Å². The number of amidine groups is 1. The molecule has 0 bridgehead atoms. The Kier molecular flexibility index (Phi) is 7.89. The minimum Gasteiger partial charge on any atom is -0.497 e. The normalized spacial score (nSPS) is 16.8. The first kappa shape index (κ1) is 28.1. The van der Waals surface area contributed by atoms with Gasteiger partial charge in [-0.25, -0.2) is 0 Å². The van der Waals surface area contributed by atoms with Gasteiger partial charge in [0.1, 0.15) is 23.4 Å². The molecule has 0 radical (unpaired) electrons. The summed E-state index contributed by atoms with van der Waals surface area (Å²) in [5.74, 6) is 2.46. The van der Waals surface area contributed by atoms with Crippen LogP contribution in [0.25, 0.3) is 11.0 Å². The first-order valence-corrected chi connectivity index (χ1v) is 14.5. The largest absolute Gasteiger partial charge is 0.497 e. The number of rotatable bonds is 9. The van der Waals surface area contributed by atoms with E-state index < -0.39 is 6.29 Å². The summed E-state index contributed by atoms with van der Waals surface area (Å²) in [4.78, 5) is 21.1. The van der Waals surface area contributed by atoms with Gasteiger partial charge >= 0.3 is 0 Å². The molecule has 0 amide bonds. The molecule has 6 rings (SSSR count). The number of nitriles is 1. The highest BCUT2D eigenvalue weighted by molar-refractivity contribution is 5.98. The van der Waals surface area contributed by atoms with Gasteiger partial charge in [-0.1, -0.05) is 56.3 Å². The highest BCUT2D eigenvalue weighted by atomic mass is 16.7.